The molecular formula is C25H27N. The minimum Gasteiger partial charge on any atom is -0.265 e. The highest BCUT2D eigenvalue weighted by molar-refractivity contribution is 5.46. The molecule has 1 nitrogen and oxygen atoms in total. The fourth-order valence-corrected chi connectivity index (χ4v) is 1.49. The van der Waals surface area contributed by atoms with Gasteiger partial charge in [-0.3, -0.25) is 4.98 Å². The second-order valence-electron chi connectivity index (χ2n) is 4.73. The lowest BCUT2D eigenvalue weighted by atomic mass is 10.2. The van der Waals surface area contributed by atoms with E-state index in [0.717, 1.165) is 0 Å². The standard InChI is InChI=1S/2C8H8.C5H5N.C4H6/c2*1-2-8-6-4-3-5-7-8;1-2-4-6-5-3-1;1-3-4-2/h2*2-7H,1H2;1-5H;3-4H,1-2H2. The number of benzene rings is 2. The van der Waals surface area contributed by atoms with E-state index in [-0.39, 0.29) is 0 Å². The summed E-state index contributed by atoms with van der Waals surface area (Å²) >= 11 is 0. The maximum Gasteiger partial charge on any atom is 0.0267 e. The normalized spacial score (nSPS) is 7.85. The summed E-state index contributed by atoms with van der Waals surface area (Å²) in [4.78, 5) is 3.78. The van der Waals surface area contributed by atoms with E-state index in [9.17, 15) is 0 Å². The Kier molecular flexibility index (Phi) is 15.5. The SMILES string of the molecule is C=CC=C.C=Cc1ccccc1.C=Cc1ccccc1.c1ccncc1. The molecule has 0 unspecified atom stereocenters. The predicted molar refractivity (Wildman–Crippen MR) is 118 cm³/mol. The minimum absolute atomic E-state index is 1.17. The third-order valence-electron chi connectivity index (χ3n) is 2.80. The van der Waals surface area contributed by atoms with Crippen LogP contribution >= 0.6 is 0 Å². The molecule has 0 aliphatic heterocycles. The molecule has 0 atom stereocenters. The van der Waals surface area contributed by atoms with Crippen molar-refractivity contribution in [3.05, 3.63) is 141 Å². The fraction of sp³-hybridized carbons (Fsp3) is 0. The molecular weight excluding hydrogens is 314 g/mol. The second kappa shape index (κ2) is 17.9. The summed E-state index contributed by atoms with van der Waals surface area (Å²) in [5.74, 6) is 0. The van der Waals surface area contributed by atoms with E-state index < -0.39 is 0 Å². The maximum atomic E-state index is 3.78. The summed E-state index contributed by atoms with van der Waals surface area (Å²) < 4.78 is 0. The highest BCUT2D eigenvalue weighted by Gasteiger charge is 1.76. The van der Waals surface area contributed by atoms with E-state index in [1.165, 1.54) is 11.1 Å². The molecule has 3 rings (SSSR count). The average Bonchev–Trinajstić information content (AvgIpc) is 2.77. The summed E-state index contributed by atoms with van der Waals surface area (Å²) in [7, 11) is 0. The molecule has 1 aromatic heterocycles. The smallest absolute Gasteiger partial charge is 0.0267 e. The monoisotopic (exact) mass is 341 g/mol. The van der Waals surface area contributed by atoms with Crippen LogP contribution in [-0.2, 0) is 0 Å². The van der Waals surface area contributed by atoms with Gasteiger partial charge in [-0.1, -0.05) is 117 Å². The molecule has 1 heteroatoms. The Morgan fingerprint density at radius 1 is 0.500 bits per heavy atom. The number of aromatic nitrogens is 1. The summed E-state index contributed by atoms with van der Waals surface area (Å²) in [6.45, 7) is 14.0. The Hall–Kier alpha value is -3.45. The molecule has 2 aromatic carbocycles. The molecule has 0 radical (unpaired) electrons. The first-order valence-electron chi connectivity index (χ1n) is 8.21. The van der Waals surface area contributed by atoms with E-state index in [0.29, 0.717) is 0 Å². The highest BCUT2D eigenvalue weighted by Crippen LogP contribution is 1.98. The van der Waals surface area contributed by atoms with Crippen molar-refractivity contribution in [3.8, 4) is 0 Å². The molecule has 0 saturated heterocycles. The first-order chi connectivity index (χ1) is 12.8. The van der Waals surface area contributed by atoms with Crippen molar-refractivity contribution in [1.82, 2.24) is 4.98 Å². The van der Waals surface area contributed by atoms with Crippen LogP contribution in [0, 0.1) is 0 Å². The van der Waals surface area contributed by atoms with Gasteiger partial charge in [-0.2, -0.15) is 0 Å². The van der Waals surface area contributed by atoms with Crippen LogP contribution in [0.4, 0.5) is 0 Å². The Morgan fingerprint density at radius 2 is 0.846 bits per heavy atom. The van der Waals surface area contributed by atoms with Gasteiger partial charge in [0.05, 0.1) is 0 Å². The zero-order chi connectivity index (χ0) is 19.3. The van der Waals surface area contributed by atoms with E-state index in [1.807, 2.05) is 91.0 Å². The molecule has 132 valence electrons. The molecule has 0 bridgehead atoms. The first kappa shape index (κ1) is 22.6. The van der Waals surface area contributed by atoms with Crippen LogP contribution in [0.5, 0.6) is 0 Å². The lowest BCUT2D eigenvalue weighted by molar-refractivity contribution is 1.33. The van der Waals surface area contributed by atoms with E-state index in [2.05, 4.69) is 31.3 Å². The zero-order valence-electron chi connectivity index (χ0n) is 15.2. The van der Waals surface area contributed by atoms with E-state index in [4.69, 9.17) is 0 Å². The third kappa shape index (κ3) is 14.2. The van der Waals surface area contributed by atoms with Gasteiger partial charge in [0, 0.05) is 12.4 Å². The lowest BCUT2D eigenvalue weighted by Gasteiger charge is -1.85. The number of allylic oxidation sites excluding steroid dienone is 2. The van der Waals surface area contributed by atoms with Gasteiger partial charge in [0.2, 0.25) is 0 Å². The molecule has 0 saturated carbocycles. The van der Waals surface area contributed by atoms with Gasteiger partial charge in [0.25, 0.3) is 0 Å². The number of pyridine rings is 1. The number of nitrogens with zero attached hydrogens (tertiary/aromatic N) is 1. The van der Waals surface area contributed by atoms with E-state index >= 15 is 0 Å². The van der Waals surface area contributed by atoms with Gasteiger partial charge >= 0.3 is 0 Å². The molecule has 3 aromatic rings. The molecule has 0 aliphatic rings. The van der Waals surface area contributed by atoms with Gasteiger partial charge in [0.15, 0.2) is 0 Å². The van der Waals surface area contributed by atoms with Crippen LogP contribution in [0.2, 0.25) is 0 Å². The average molecular weight is 341 g/mol. The third-order valence-corrected chi connectivity index (χ3v) is 2.80. The Morgan fingerprint density at radius 3 is 1.00 bits per heavy atom. The van der Waals surface area contributed by atoms with Crippen molar-refractivity contribution in [2.45, 2.75) is 0 Å². The van der Waals surface area contributed by atoms with Crippen LogP contribution in [0.15, 0.2) is 130 Å². The van der Waals surface area contributed by atoms with Crippen molar-refractivity contribution >= 4 is 12.2 Å². The van der Waals surface area contributed by atoms with Gasteiger partial charge in [-0.05, 0) is 23.3 Å². The van der Waals surface area contributed by atoms with E-state index in [1.54, 1.807) is 24.5 Å². The number of rotatable bonds is 3. The largest absolute Gasteiger partial charge is 0.265 e. The van der Waals surface area contributed by atoms with Crippen LogP contribution in [0.1, 0.15) is 11.1 Å². The second-order valence-corrected chi connectivity index (χ2v) is 4.73. The van der Waals surface area contributed by atoms with Crippen LogP contribution in [0.3, 0.4) is 0 Å². The summed E-state index contributed by atoms with van der Waals surface area (Å²) in [6, 6.07) is 25.8. The fourth-order valence-electron chi connectivity index (χ4n) is 1.49. The Bertz CT molecular complexity index is 625. The minimum atomic E-state index is 1.17. The molecule has 0 fully saturated rings. The van der Waals surface area contributed by atoms with Gasteiger partial charge in [-0.25, -0.2) is 0 Å². The molecule has 0 spiro atoms. The molecule has 0 N–H and O–H groups in total. The Labute approximate surface area is 158 Å². The number of hydrogen-bond acceptors (Lipinski definition) is 1. The molecule has 0 amide bonds. The van der Waals surface area contributed by atoms with Crippen molar-refractivity contribution < 1.29 is 0 Å². The van der Waals surface area contributed by atoms with Crippen LogP contribution in [0.25, 0.3) is 12.2 Å². The summed E-state index contributed by atoms with van der Waals surface area (Å²) in [6.07, 6.45) is 10.4. The van der Waals surface area contributed by atoms with Crippen molar-refractivity contribution in [2.24, 2.45) is 0 Å². The van der Waals surface area contributed by atoms with Crippen molar-refractivity contribution in [3.63, 3.8) is 0 Å². The zero-order valence-corrected chi connectivity index (χ0v) is 15.2. The topological polar surface area (TPSA) is 12.9 Å². The summed E-state index contributed by atoms with van der Waals surface area (Å²) in [5.41, 5.74) is 2.35. The van der Waals surface area contributed by atoms with Crippen LogP contribution < -0.4 is 0 Å². The van der Waals surface area contributed by atoms with Gasteiger partial charge in [0.1, 0.15) is 0 Å². The quantitative estimate of drug-likeness (QED) is 0.463. The van der Waals surface area contributed by atoms with Crippen molar-refractivity contribution in [1.29, 1.82) is 0 Å². The predicted octanol–water partition coefficient (Wildman–Crippen LogP) is 7.10. The van der Waals surface area contributed by atoms with Gasteiger partial charge in [-0.15, -0.1) is 0 Å². The molecule has 0 aliphatic carbocycles. The van der Waals surface area contributed by atoms with Gasteiger partial charge < -0.3 is 0 Å². The first-order valence-corrected chi connectivity index (χ1v) is 8.21. The summed E-state index contributed by atoms with van der Waals surface area (Å²) in [5, 5.41) is 0. The molecule has 1 heterocycles. The maximum absolute atomic E-state index is 3.78. The highest BCUT2D eigenvalue weighted by atomic mass is 14.6. The lowest BCUT2D eigenvalue weighted by Crippen LogP contribution is -1.63. The van der Waals surface area contributed by atoms with Crippen molar-refractivity contribution in [2.75, 3.05) is 0 Å². The van der Waals surface area contributed by atoms with Crippen LogP contribution in [-0.4, -0.2) is 4.98 Å². The number of hydrogen-bond donors (Lipinski definition) is 0. The molecule has 26 heavy (non-hydrogen) atoms. The Balaban J connectivity index is 0.000000331.